The van der Waals surface area contributed by atoms with Gasteiger partial charge >= 0.3 is 0 Å². The maximum atomic E-state index is 12.0. The summed E-state index contributed by atoms with van der Waals surface area (Å²) in [5, 5.41) is 3.05. The van der Waals surface area contributed by atoms with Crippen LogP contribution in [0.5, 0.6) is 5.75 Å². The van der Waals surface area contributed by atoms with Crippen LogP contribution in [0, 0.1) is 0 Å². The van der Waals surface area contributed by atoms with Gasteiger partial charge in [0, 0.05) is 6.54 Å². The summed E-state index contributed by atoms with van der Waals surface area (Å²) >= 11 is 0. The molecule has 1 amide bonds. The van der Waals surface area contributed by atoms with Crippen LogP contribution in [0.2, 0.25) is 0 Å². The van der Waals surface area contributed by atoms with Crippen molar-refractivity contribution in [3.63, 3.8) is 0 Å². The van der Waals surface area contributed by atoms with Crippen molar-refractivity contribution in [2.75, 3.05) is 13.2 Å². The molecule has 1 aromatic carbocycles. The van der Waals surface area contributed by atoms with Crippen LogP contribution in [-0.2, 0) is 11.2 Å². The van der Waals surface area contributed by atoms with Gasteiger partial charge in [0.25, 0.3) is 5.91 Å². The number of carbonyl (C=O) groups excluding carboxylic acids is 1. The van der Waals surface area contributed by atoms with Crippen molar-refractivity contribution < 1.29 is 9.53 Å². The summed E-state index contributed by atoms with van der Waals surface area (Å²) in [7, 11) is 0. The maximum Gasteiger partial charge on any atom is 0.258 e. The lowest BCUT2D eigenvalue weighted by atomic mass is 9.98. The number of hydrogen-bond acceptors (Lipinski definition) is 3. The molecular weight excluding hydrogens is 252 g/mol. The third-order valence-corrected chi connectivity index (χ3v) is 4.06. The topological polar surface area (TPSA) is 64.3 Å². The van der Waals surface area contributed by atoms with E-state index in [-0.39, 0.29) is 18.1 Å². The Morgan fingerprint density at radius 2 is 1.95 bits per heavy atom. The van der Waals surface area contributed by atoms with Crippen LogP contribution < -0.4 is 15.8 Å². The second kappa shape index (κ2) is 6.75. The summed E-state index contributed by atoms with van der Waals surface area (Å²) in [6, 6.07) is 7.85. The van der Waals surface area contributed by atoms with Crippen LogP contribution in [0.3, 0.4) is 0 Å². The molecule has 0 radical (unpaired) electrons. The predicted molar refractivity (Wildman–Crippen MR) is 79.7 cm³/mol. The fourth-order valence-corrected chi connectivity index (χ4v) is 2.73. The van der Waals surface area contributed by atoms with Crippen LogP contribution in [0.15, 0.2) is 24.3 Å². The molecule has 1 saturated carbocycles. The van der Waals surface area contributed by atoms with E-state index in [0.717, 1.165) is 37.9 Å². The average molecular weight is 276 g/mol. The Kier molecular flexibility index (Phi) is 5.01. The largest absolute Gasteiger partial charge is 0.484 e. The van der Waals surface area contributed by atoms with Crippen LogP contribution in [0.25, 0.3) is 0 Å². The van der Waals surface area contributed by atoms with Crippen molar-refractivity contribution in [2.24, 2.45) is 5.73 Å². The van der Waals surface area contributed by atoms with Gasteiger partial charge in [0.15, 0.2) is 6.61 Å². The lowest BCUT2D eigenvalue weighted by molar-refractivity contribution is -0.124. The first kappa shape index (κ1) is 14.9. The van der Waals surface area contributed by atoms with Crippen molar-refractivity contribution in [3.8, 4) is 5.75 Å². The first-order valence-electron chi connectivity index (χ1n) is 7.40. The number of carbonyl (C=O) groups is 1. The Morgan fingerprint density at radius 3 is 2.50 bits per heavy atom. The summed E-state index contributed by atoms with van der Waals surface area (Å²) in [4.78, 5) is 12.0. The van der Waals surface area contributed by atoms with Crippen molar-refractivity contribution >= 4 is 5.91 Å². The van der Waals surface area contributed by atoms with Gasteiger partial charge < -0.3 is 15.8 Å². The molecule has 1 fully saturated rings. The Balaban J connectivity index is 1.82. The van der Waals surface area contributed by atoms with Crippen molar-refractivity contribution in [3.05, 3.63) is 29.8 Å². The van der Waals surface area contributed by atoms with E-state index in [2.05, 4.69) is 12.2 Å². The van der Waals surface area contributed by atoms with E-state index < -0.39 is 0 Å². The van der Waals surface area contributed by atoms with Gasteiger partial charge in [-0.1, -0.05) is 31.9 Å². The van der Waals surface area contributed by atoms with Gasteiger partial charge in [-0.05, 0) is 37.0 Å². The molecule has 1 aliphatic carbocycles. The average Bonchev–Trinajstić information content (AvgIpc) is 2.95. The van der Waals surface area contributed by atoms with Crippen LogP contribution in [0.4, 0.5) is 0 Å². The fourth-order valence-electron chi connectivity index (χ4n) is 2.73. The highest BCUT2D eigenvalue weighted by Gasteiger charge is 2.33. The second-order valence-corrected chi connectivity index (χ2v) is 5.53. The molecule has 110 valence electrons. The molecule has 3 N–H and O–H groups in total. The molecule has 0 aliphatic heterocycles. The van der Waals surface area contributed by atoms with E-state index in [1.807, 2.05) is 24.3 Å². The number of amides is 1. The van der Waals surface area contributed by atoms with Gasteiger partial charge in [-0.2, -0.15) is 0 Å². The third-order valence-electron chi connectivity index (χ3n) is 4.06. The highest BCUT2D eigenvalue weighted by atomic mass is 16.5. The lowest BCUT2D eigenvalue weighted by Gasteiger charge is -2.28. The Labute approximate surface area is 120 Å². The zero-order chi connectivity index (χ0) is 14.4. The minimum atomic E-state index is -0.202. The molecule has 0 spiro atoms. The number of nitrogens with one attached hydrogen (secondary N) is 1. The molecule has 0 saturated heterocycles. The minimum Gasteiger partial charge on any atom is -0.484 e. The summed E-state index contributed by atoms with van der Waals surface area (Å²) in [5.41, 5.74) is 6.86. The monoisotopic (exact) mass is 276 g/mol. The van der Waals surface area contributed by atoms with Gasteiger partial charge in [0.2, 0.25) is 0 Å². The van der Waals surface area contributed by atoms with Gasteiger partial charge in [0.05, 0.1) is 5.54 Å². The first-order chi connectivity index (χ1) is 9.67. The summed E-state index contributed by atoms with van der Waals surface area (Å²) in [5.74, 6) is 0.641. The smallest absolute Gasteiger partial charge is 0.258 e. The highest BCUT2D eigenvalue weighted by Crippen LogP contribution is 2.28. The van der Waals surface area contributed by atoms with E-state index in [1.165, 1.54) is 5.56 Å². The van der Waals surface area contributed by atoms with Crippen molar-refractivity contribution in [1.82, 2.24) is 5.32 Å². The molecule has 1 aliphatic rings. The normalized spacial score (nSPS) is 16.9. The van der Waals surface area contributed by atoms with E-state index >= 15 is 0 Å². The summed E-state index contributed by atoms with van der Waals surface area (Å²) in [6.45, 7) is 2.66. The molecule has 0 bridgehead atoms. The molecule has 0 unspecified atom stereocenters. The molecule has 0 heterocycles. The lowest BCUT2D eigenvalue weighted by Crippen LogP contribution is -2.52. The molecule has 2 rings (SSSR count). The second-order valence-electron chi connectivity index (χ2n) is 5.53. The predicted octanol–water partition coefficient (Wildman–Crippen LogP) is 2.02. The van der Waals surface area contributed by atoms with E-state index in [0.29, 0.717) is 6.54 Å². The van der Waals surface area contributed by atoms with Gasteiger partial charge in [-0.3, -0.25) is 4.79 Å². The molecule has 0 aromatic heterocycles. The van der Waals surface area contributed by atoms with E-state index in [4.69, 9.17) is 10.5 Å². The van der Waals surface area contributed by atoms with Crippen LogP contribution >= 0.6 is 0 Å². The third kappa shape index (κ3) is 3.73. The van der Waals surface area contributed by atoms with Crippen molar-refractivity contribution in [2.45, 2.75) is 44.6 Å². The van der Waals surface area contributed by atoms with Gasteiger partial charge in [0.1, 0.15) is 5.75 Å². The van der Waals surface area contributed by atoms with E-state index in [1.54, 1.807) is 0 Å². The van der Waals surface area contributed by atoms with Crippen LogP contribution in [0.1, 0.15) is 38.2 Å². The molecule has 1 aromatic rings. The molecule has 0 atom stereocenters. The van der Waals surface area contributed by atoms with Crippen molar-refractivity contribution in [1.29, 1.82) is 0 Å². The Morgan fingerprint density at radius 1 is 1.30 bits per heavy atom. The highest BCUT2D eigenvalue weighted by molar-refractivity contribution is 5.78. The number of aryl methyl sites for hydroxylation is 1. The fraction of sp³-hybridized carbons (Fsp3) is 0.562. The zero-order valence-corrected chi connectivity index (χ0v) is 12.2. The Hall–Kier alpha value is -1.55. The molecule has 20 heavy (non-hydrogen) atoms. The minimum absolute atomic E-state index is 0.0488. The number of ether oxygens (including phenoxy) is 1. The summed E-state index contributed by atoms with van der Waals surface area (Å²) < 4.78 is 5.51. The van der Waals surface area contributed by atoms with Crippen LogP contribution in [-0.4, -0.2) is 24.6 Å². The quantitative estimate of drug-likeness (QED) is 0.835. The Bertz CT molecular complexity index is 436. The van der Waals surface area contributed by atoms with E-state index in [9.17, 15) is 4.79 Å². The maximum absolute atomic E-state index is 12.0. The van der Waals surface area contributed by atoms with Gasteiger partial charge in [-0.15, -0.1) is 0 Å². The molecule has 4 nitrogen and oxygen atoms in total. The standard InChI is InChI=1S/C16H24N2O2/c1-2-13-5-7-14(8-6-13)20-11-15(19)18-16(12-17)9-3-4-10-16/h5-8H,2-4,9-12,17H2,1H3,(H,18,19). The number of rotatable bonds is 6. The zero-order valence-electron chi connectivity index (χ0n) is 12.2. The number of benzene rings is 1. The summed E-state index contributed by atoms with van der Waals surface area (Å²) in [6.07, 6.45) is 5.22. The van der Waals surface area contributed by atoms with Gasteiger partial charge in [-0.25, -0.2) is 0 Å². The first-order valence-corrected chi connectivity index (χ1v) is 7.40. The SMILES string of the molecule is CCc1ccc(OCC(=O)NC2(CN)CCCC2)cc1. The molecular formula is C16H24N2O2. The molecule has 4 heteroatoms. The number of nitrogens with two attached hydrogens (primary N) is 1. The number of hydrogen-bond donors (Lipinski definition) is 2.